The van der Waals surface area contributed by atoms with Crippen LogP contribution in [0.3, 0.4) is 0 Å². The first kappa shape index (κ1) is 14.4. The summed E-state index contributed by atoms with van der Waals surface area (Å²) >= 11 is 0. The fourth-order valence-electron chi connectivity index (χ4n) is 1.77. The highest BCUT2D eigenvalue weighted by molar-refractivity contribution is 6.02. The van der Waals surface area contributed by atoms with Crippen molar-refractivity contribution >= 4 is 23.0 Å². The van der Waals surface area contributed by atoms with E-state index in [0.29, 0.717) is 0 Å². The number of nitro benzene ring substituents is 1. The van der Waals surface area contributed by atoms with Gasteiger partial charge in [0.2, 0.25) is 0 Å². The van der Waals surface area contributed by atoms with Crippen LogP contribution in [-0.2, 0) is 0 Å². The first-order chi connectivity index (χ1) is 10.0. The molecule has 0 atom stereocenters. The van der Waals surface area contributed by atoms with E-state index in [9.17, 15) is 19.3 Å². The number of benzene rings is 1. The molecule has 108 valence electrons. The Balaban J connectivity index is 2.53. The maximum atomic E-state index is 13.1. The molecule has 0 unspecified atom stereocenters. The molecule has 1 amide bonds. The summed E-state index contributed by atoms with van der Waals surface area (Å²) in [6, 6.07) is 5.21. The smallest absolute Gasteiger partial charge is 0.293 e. The summed E-state index contributed by atoms with van der Waals surface area (Å²) < 4.78 is 13.1. The SMILES string of the molecule is CNC(=O)c1cccc([N+](=O)[O-])c1Nc1cncc(F)c1. The third-order valence-electron chi connectivity index (χ3n) is 2.69. The molecule has 0 aliphatic rings. The van der Waals surface area contributed by atoms with Gasteiger partial charge in [-0.25, -0.2) is 4.39 Å². The Morgan fingerprint density at radius 2 is 2.14 bits per heavy atom. The molecule has 1 aromatic carbocycles. The molecule has 0 spiro atoms. The van der Waals surface area contributed by atoms with Crippen LogP contribution in [0.5, 0.6) is 0 Å². The van der Waals surface area contributed by atoms with Crippen LogP contribution in [0.1, 0.15) is 10.4 Å². The average Bonchev–Trinajstić information content (AvgIpc) is 2.46. The zero-order valence-electron chi connectivity index (χ0n) is 11.0. The largest absolute Gasteiger partial charge is 0.355 e. The van der Waals surface area contributed by atoms with E-state index < -0.39 is 16.6 Å². The summed E-state index contributed by atoms with van der Waals surface area (Å²) in [5.74, 6) is -1.09. The maximum absolute atomic E-state index is 13.1. The van der Waals surface area contributed by atoms with Crippen molar-refractivity contribution in [2.45, 2.75) is 0 Å². The van der Waals surface area contributed by atoms with E-state index in [2.05, 4.69) is 15.6 Å². The lowest BCUT2D eigenvalue weighted by Gasteiger charge is -2.11. The predicted molar refractivity (Wildman–Crippen MR) is 74.0 cm³/mol. The van der Waals surface area contributed by atoms with Crippen molar-refractivity contribution in [3.05, 3.63) is 58.2 Å². The number of carbonyl (C=O) groups is 1. The highest BCUT2D eigenvalue weighted by atomic mass is 19.1. The zero-order valence-corrected chi connectivity index (χ0v) is 11.0. The Hall–Kier alpha value is -3.03. The molecule has 0 fully saturated rings. The van der Waals surface area contributed by atoms with E-state index in [4.69, 9.17) is 0 Å². The summed E-state index contributed by atoms with van der Waals surface area (Å²) in [5.41, 5.74) is -0.0278. The number of nitrogens with one attached hydrogen (secondary N) is 2. The second kappa shape index (κ2) is 5.95. The van der Waals surface area contributed by atoms with Crippen molar-refractivity contribution in [3.8, 4) is 0 Å². The molecule has 2 N–H and O–H groups in total. The number of nitro groups is 1. The molecule has 0 saturated heterocycles. The van der Waals surface area contributed by atoms with E-state index >= 15 is 0 Å². The molecule has 1 aromatic heterocycles. The highest BCUT2D eigenvalue weighted by Crippen LogP contribution is 2.31. The van der Waals surface area contributed by atoms with Gasteiger partial charge >= 0.3 is 0 Å². The minimum Gasteiger partial charge on any atom is -0.355 e. The first-order valence-electron chi connectivity index (χ1n) is 5.90. The van der Waals surface area contributed by atoms with Gasteiger partial charge in [0.15, 0.2) is 0 Å². The summed E-state index contributed by atoms with van der Waals surface area (Å²) in [4.78, 5) is 25.9. The summed E-state index contributed by atoms with van der Waals surface area (Å²) in [7, 11) is 1.41. The number of nitrogens with zero attached hydrogens (tertiary/aromatic N) is 2. The highest BCUT2D eigenvalue weighted by Gasteiger charge is 2.21. The van der Waals surface area contributed by atoms with Crippen molar-refractivity contribution in [2.75, 3.05) is 12.4 Å². The van der Waals surface area contributed by atoms with Crippen molar-refractivity contribution < 1.29 is 14.1 Å². The van der Waals surface area contributed by atoms with E-state index in [0.717, 1.165) is 12.3 Å². The lowest BCUT2D eigenvalue weighted by Crippen LogP contribution is -2.19. The van der Waals surface area contributed by atoms with Crippen LogP contribution in [0.2, 0.25) is 0 Å². The third kappa shape index (κ3) is 3.11. The van der Waals surface area contributed by atoms with Gasteiger partial charge in [0.25, 0.3) is 11.6 Å². The van der Waals surface area contributed by atoms with Gasteiger partial charge in [-0.15, -0.1) is 0 Å². The monoisotopic (exact) mass is 290 g/mol. The van der Waals surface area contributed by atoms with Crippen LogP contribution in [0.15, 0.2) is 36.7 Å². The van der Waals surface area contributed by atoms with Gasteiger partial charge < -0.3 is 10.6 Å². The normalized spacial score (nSPS) is 10.0. The molecule has 0 bridgehead atoms. The fourth-order valence-corrected chi connectivity index (χ4v) is 1.77. The summed E-state index contributed by atoms with van der Waals surface area (Å²) in [6.07, 6.45) is 2.30. The average molecular weight is 290 g/mol. The van der Waals surface area contributed by atoms with Gasteiger partial charge in [0, 0.05) is 19.2 Å². The molecule has 0 radical (unpaired) electrons. The topological polar surface area (TPSA) is 97.2 Å². The Labute approximate surface area is 119 Å². The van der Waals surface area contributed by atoms with E-state index in [1.807, 2.05) is 0 Å². The number of carbonyl (C=O) groups excluding carboxylic acids is 1. The van der Waals surface area contributed by atoms with Gasteiger partial charge in [0.05, 0.1) is 28.6 Å². The van der Waals surface area contributed by atoms with Crippen LogP contribution >= 0.6 is 0 Å². The first-order valence-corrected chi connectivity index (χ1v) is 5.90. The molecule has 1 heterocycles. The van der Waals surface area contributed by atoms with Gasteiger partial charge in [-0.2, -0.15) is 0 Å². The molecule has 0 saturated carbocycles. The van der Waals surface area contributed by atoms with Crippen molar-refractivity contribution in [3.63, 3.8) is 0 Å². The van der Waals surface area contributed by atoms with Gasteiger partial charge in [-0.05, 0) is 6.07 Å². The van der Waals surface area contributed by atoms with Crippen molar-refractivity contribution in [2.24, 2.45) is 0 Å². The molecule has 8 heteroatoms. The van der Waals surface area contributed by atoms with E-state index in [1.54, 1.807) is 0 Å². The minimum absolute atomic E-state index is 0.0192. The number of hydrogen-bond donors (Lipinski definition) is 2. The maximum Gasteiger partial charge on any atom is 0.293 e. The fraction of sp³-hybridized carbons (Fsp3) is 0.0769. The van der Waals surface area contributed by atoms with Gasteiger partial charge in [0.1, 0.15) is 11.5 Å². The second-order valence-electron chi connectivity index (χ2n) is 4.05. The van der Waals surface area contributed by atoms with E-state index in [-0.39, 0.29) is 22.6 Å². The Kier molecular flexibility index (Phi) is 4.07. The number of para-hydroxylation sites is 1. The van der Waals surface area contributed by atoms with Crippen LogP contribution in [0, 0.1) is 15.9 Å². The van der Waals surface area contributed by atoms with Crippen molar-refractivity contribution in [1.29, 1.82) is 0 Å². The summed E-state index contributed by atoms with van der Waals surface area (Å²) in [6.45, 7) is 0. The molecule has 2 rings (SSSR count). The number of anilines is 2. The molecule has 7 nitrogen and oxygen atoms in total. The van der Waals surface area contributed by atoms with Crippen molar-refractivity contribution in [1.82, 2.24) is 10.3 Å². The quantitative estimate of drug-likeness (QED) is 0.664. The number of rotatable bonds is 4. The number of aromatic nitrogens is 1. The molecule has 2 aromatic rings. The minimum atomic E-state index is -0.624. The van der Waals surface area contributed by atoms with Crippen LogP contribution in [0.4, 0.5) is 21.5 Å². The Morgan fingerprint density at radius 3 is 2.76 bits per heavy atom. The standard InChI is InChI=1S/C13H11FN4O3/c1-15-13(19)10-3-2-4-11(18(20)21)12(10)17-9-5-8(14)6-16-7-9/h2-7,17H,1H3,(H,15,19). The Morgan fingerprint density at radius 1 is 1.38 bits per heavy atom. The summed E-state index contributed by atoms with van der Waals surface area (Å²) in [5, 5.41) is 16.2. The number of hydrogen-bond acceptors (Lipinski definition) is 5. The molecular weight excluding hydrogens is 279 g/mol. The number of amides is 1. The predicted octanol–water partition coefficient (Wildman–Crippen LogP) is 2.23. The lowest BCUT2D eigenvalue weighted by molar-refractivity contribution is -0.383. The van der Waals surface area contributed by atoms with Gasteiger partial charge in [-0.3, -0.25) is 19.9 Å². The van der Waals surface area contributed by atoms with Crippen LogP contribution < -0.4 is 10.6 Å². The Bertz CT molecular complexity index is 706. The third-order valence-corrected chi connectivity index (χ3v) is 2.69. The van der Waals surface area contributed by atoms with E-state index in [1.165, 1.54) is 31.4 Å². The second-order valence-corrected chi connectivity index (χ2v) is 4.05. The zero-order chi connectivity index (χ0) is 15.4. The molecule has 21 heavy (non-hydrogen) atoms. The molecule has 0 aliphatic carbocycles. The lowest BCUT2D eigenvalue weighted by atomic mass is 10.1. The molecular formula is C13H11FN4O3. The van der Waals surface area contributed by atoms with Gasteiger partial charge in [-0.1, -0.05) is 6.07 Å². The molecule has 0 aliphatic heterocycles. The number of halogens is 1. The van der Waals surface area contributed by atoms with Crippen LogP contribution in [0.25, 0.3) is 0 Å². The number of pyridine rings is 1. The van der Waals surface area contributed by atoms with Crippen LogP contribution in [-0.4, -0.2) is 22.9 Å².